The highest BCUT2D eigenvalue weighted by molar-refractivity contribution is 9.09. The van der Waals surface area contributed by atoms with E-state index in [2.05, 4.69) is 198 Å². The van der Waals surface area contributed by atoms with Gasteiger partial charge in [0.25, 0.3) is 0 Å². The van der Waals surface area contributed by atoms with E-state index in [1.54, 1.807) is 0 Å². The Kier molecular flexibility index (Phi) is 20.6. The average Bonchev–Trinajstić information content (AvgIpc) is 1.48. The maximum atomic E-state index is 17.5. The van der Waals surface area contributed by atoms with Crippen molar-refractivity contribution in [3.05, 3.63) is 95.3 Å². The third kappa shape index (κ3) is 14.8. The molecule has 21 nitrogen and oxygen atoms in total. The number of likely N-dealkylation sites (tertiary alicyclic amines) is 2. The Labute approximate surface area is 576 Å². The van der Waals surface area contributed by atoms with Gasteiger partial charge >= 0.3 is 0 Å². The van der Waals surface area contributed by atoms with Crippen LogP contribution in [0.2, 0.25) is 103 Å². The van der Waals surface area contributed by atoms with E-state index in [0.29, 0.717) is 51.5 Å². The van der Waals surface area contributed by atoms with Gasteiger partial charge in [0.05, 0.1) is 46.2 Å². The molecule has 4 atom stereocenters. The molecule has 94 heavy (non-hydrogen) atoms. The molecule has 2 fully saturated rings. The number of imidazole rings is 2. The quantitative estimate of drug-likeness (QED) is 0.0204. The first-order chi connectivity index (χ1) is 44.8. The van der Waals surface area contributed by atoms with E-state index < -0.39 is 53.5 Å². The van der Waals surface area contributed by atoms with Gasteiger partial charge in [0.15, 0.2) is 23.0 Å². The van der Waals surface area contributed by atoms with Crippen LogP contribution in [0.15, 0.2) is 82.6 Å². The lowest BCUT2D eigenvalue weighted by atomic mass is 9.89. The molecule has 4 unspecified atom stereocenters. The van der Waals surface area contributed by atoms with Crippen molar-refractivity contribution >= 4 is 104 Å². The zero-order valence-electron chi connectivity index (χ0n) is 57.6. The predicted molar refractivity (Wildman–Crippen MR) is 393 cm³/mol. The number of aromatic nitrogens is 8. The second-order valence-corrected chi connectivity index (χ2v) is 55.4. The van der Waals surface area contributed by atoms with Gasteiger partial charge in [-0.05, 0) is 74.8 Å². The first kappa shape index (κ1) is 69.0. The number of aliphatic imine (C=N–C) groups is 2. The summed E-state index contributed by atoms with van der Waals surface area (Å²) in [5, 5.41) is 20.2. The SMILES string of the molecule is C[Si](C)(C)CCOCn1c(-c2nn(COCC[Si](C)(C)C)c3ccccc23)nc2c1C(Br)N(C1(C(=O)C3(N4Cc5nc(-c6nn(COCC[Si](C)(C)C)c7ccccc67)n(COCC[Si](C)(C)C)c5C4Br)C=NC(N4CCCCC4)=CN3)C=NC(N3CCCCC3)=CN1)C2. The van der Waals surface area contributed by atoms with Crippen LogP contribution in [-0.2, 0) is 63.8 Å². The van der Waals surface area contributed by atoms with Crippen molar-refractivity contribution in [1.29, 1.82) is 0 Å². The molecule has 0 aliphatic carbocycles. The normalized spacial score (nSPS) is 22.3. The van der Waals surface area contributed by atoms with E-state index in [-0.39, 0.29) is 32.3 Å². The molecule has 0 amide bonds. The summed E-state index contributed by atoms with van der Waals surface area (Å²) in [6.45, 7) is 36.2. The predicted octanol–water partition coefficient (Wildman–Crippen LogP) is 13.4. The van der Waals surface area contributed by atoms with Crippen molar-refractivity contribution in [3.63, 3.8) is 0 Å². The van der Waals surface area contributed by atoms with Crippen molar-refractivity contribution in [3.8, 4) is 23.0 Å². The standard InChI is InChI=1S/C67H100Br2N16O5Si4/c1-91(2,3)35-31-87-45-80-59-51(74-63(80)57-49-23-15-17-25-53(49)84(76-57)47-89-33-37-93(7,8)9)41-82(61(59)68)66(43-70-55(39-72-66)78-27-19-13-20-28-78)65(86)67(44-71-56(40-73-67)79-29-21-14-22-30-79)83-42-52-60(62(83)69)81(46-88-32-36-92(4,5)6)64(75-52)58-50-24-16-18-26-54(50)85(77-58)48-90-34-38-94(10,11)12/h15-18,23-26,39-40,43-44,61-62,72-73H,13-14,19-22,27-38,41-42,45-48H2,1-12H3. The topological polar surface area (TPSA) is 187 Å². The van der Waals surface area contributed by atoms with E-state index in [0.717, 1.165) is 144 Å². The van der Waals surface area contributed by atoms with Crippen LogP contribution >= 0.6 is 31.9 Å². The highest BCUT2D eigenvalue weighted by Crippen LogP contribution is 2.50. The van der Waals surface area contributed by atoms with Crippen molar-refractivity contribution in [2.45, 2.75) is 203 Å². The summed E-state index contributed by atoms with van der Waals surface area (Å²) in [6, 6.07) is 20.8. The Morgan fingerprint density at radius 1 is 0.511 bits per heavy atom. The second kappa shape index (κ2) is 28.1. The third-order valence-corrected chi connectivity index (χ3v) is 27.6. The lowest BCUT2D eigenvalue weighted by Crippen LogP contribution is -2.76. The number of Topliss-reactive ketones (excluding diaryl/α,β-unsaturated/α-hetero) is 1. The number of ether oxygens (including phenoxy) is 4. The third-order valence-electron chi connectivity index (χ3n) is 19.0. The van der Waals surface area contributed by atoms with Gasteiger partial charge in [-0.15, -0.1) is 0 Å². The van der Waals surface area contributed by atoms with E-state index in [1.165, 1.54) is 12.8 Å². The van der Waals surface area contributed by atoms with Crippen molar-refractivity contribution in [2.24, 2.45) is 9.98 Å². The zero-order valence-corrected chi connectivity index (χ0v) is 64.8. The van der Waals surface area contributed by atoms with E-state index >= 15 is 4.79 Å². The molecule has 10 heterocycles. The Balaban J connectivity index is 0.950. The van der Waals surface area contributed by atoms with Crippen molar-refractivity contribution in [1.82, 2.24) is 68.9 Å². The second-order valence-electron chi connectivity index (χ2n) is 31.2. The number of nitrogens with zero attached hydrogens (tertiary/aromatic N) is 14. The highest BCUT2D eigenvalue weighted by atomic mass is 79.9. The molecule has 2 saturated heterocycles. The lowest BCUT2D eigenvalue weighted by molar-refractivity contribution is -0.139. The molecule has 508 valence electrons. The number of hydrogen-bond acceptors (Lipinski definition) is 17. The fourth-order valence-corrected chi connectivity index (χ4v) is 18.2. The van der Waals surface area contributed by atoms with Gasteiger partial charge < -0.3 is 39.4 Å². The molecular formula is C67H100Br2N16O5Si4. The number of piperidine rings is 2. The number of hydrogen-bond donors (Lipinski definition) is 2. The van der Waals surface area contributed by atoms with Crippen molar-refractivity contribution in [2.75, 3.05) is 52.6 Å². The van der Waals surface area contributed by atoms with Gasteiger partial charge in [-0.2, -0.15) is 10.2 Å². The first-order valence-corrected chi connectivity index (χ1v) is 50.8. The summed E-state index contributed by atoms with van der Waals surface area (Å²) in [7, 11) is -5.57. The zero-order chi connectivity index (χ0) is 66.4. The van der Waals surface area contributed by atoms with Crippen LogP contribution in [-0.4, -0.2) is 173 Å². The minimum absolute atomic E-state index is 0.228. The van der Waals surface area contributed by atoms with Crippen LogP contribution in [0.3, 0.4) is 0 Å². The summed E-state index contributed by atoms with van der Waals surface area (Å²) < 4.78 is 34.5. The molecular weight excluding hydrogens is 1380 g/mol. The molecule has 2 aromatic carbocycles. The molecule has 6 aliphatic heterocycles. The number of alkyl halides is 2. The van der Waals surface area contributed by atoms with Gasteiger partial charge in [-0.25, -0.2) is 39.1 Å². The van der Waals surface area contributed by atoms with Crippen LogP contribution in [0.5, 0.6) is 0 Å². The van der Waals surface area contributed by atoms with Gasteiger partial charge in [-0.3, -0.25) is 13.9 Å². The van der Waals surface area contributed by atoms with Crippen molar-refractivity contribution < 1.29 is 23.7 Å². The number of ketones is 1. The van der Waals surface area contributed by atoms with Crippen LogP contribution < -0.4 is 10.6 Å². The molecule has 2 N–H and O–H groups in total. The van der Waals surface area contributed by atoms with Crippen LogP contribution in [0, 0.1) is 0 Å². The van der Waals surface area contributed by atoms with Gasteiger partial charge in [0.1, 0.15) is 59.9 Å². The molecule has 6 aliphatic rings. The molecule has 0 radical (unpaired) electrons. The number of benzene rings is 2. The number of para-hydroxylation sites is 2. The molecule has 0 spiro atoms. The molecule has 0 bridgehead atoms. The molecule has 0 saturated carbocycles. The summed E-state index contributed by atoms with van der Waals surface area (Å²) >= 11 is 8.64. The average molecular weight is 1480 g/mol. The number of carbonyl (C=O) groups excluding carboxylic acids is 1. The maximum absolute atomic E-state index is 17.5. The minimum atomic E-state index is -1.61. The molecule has 6 aromatic rings. The number of rotatable bonds is 28. The number of fused-ring (bicyclic) bond motifs is 4. The monoisotopic (exact) mass is 1480 g/mol. The van der Waals surface area contributed by atoms with Crippen LogP contribution in [0.1, 0.15) is 71.2 Å². The summed E-state index contributed by atoms with van der Waals surface area (Å²) in [4.78, 5) is 47.2. The molecule has 12 rings (SSSR count). The summed E-state index contributed by atoms with van der Waals surface area (Å²) in [5.74, 6) is 2.76. The maximum Gasteiger partial charge on any atom is 0.224 e. The van der Waals surface area contributed by atoms with E-state index in [9.17, 15) is 0 Å². The van der Waals surface area contributed by atoms with Crippen LogP contribution in [0.4, 0.5) is 0 Å². The van der Waals surface area contributed by atoms with E-state index in [1.807, 2.05) is 34.2 Å². The summed E-state index contributed by atoms with van der Waals surface area (Å²) in [6.07, 6.45) is 14.2. The number of nitrogens with one attached hydrogen (secondary N) is 2. The Morgan fingerprint density at radius 3 is 1.20 bits per heavy atom. The fraction of sp³-hybridized carbons (Fsp3) is 0.597. The Bertz CT molecular complexity index is 3580. The molecule has 4 aromatic heterocycles. The molecule has 27 heteroatoms. The Morgan fingerprint density at radius 2 is 0.862 bits per heavy atom. The Hall–Kier alpha value is -4.92. The smallest absolute Gasteiger partial charge is 0.224 e. The van der Waals surface area contributed by atoms with Crippen LogP contribution in [0.25, 0.3) is 44.8 Å². The number of carbonyl (C=O) groups is 1. The minimum Gasteiger partial charge on any atom is -0.361 e. The van der Waals surface area contributed by atoms with Gasteiger partial charge in [0.2, 0.25) is 5.78 Å². The van der Waals surface area contributed by atoms with Gasteiger partial charge in [0, 0.05) is 121 Å². The fourth-order valence-electron chi connectivity index (χ4n) is 13.2. The lowest BCUT2D eigenvalue weighted by Gasteiger charge is -2.50. The first-order valence-electron chi connectivity index (χ1n) is 34.2. The van der Waals surface area contributed by atoms with Gasteiger partial charge in [-0.1, -0.05) is 147 Å². The summed E-state index contributed by atoms with van der Waals surface area (Å²) in [5.41, 5.74) is 3.58. The van der Waals surface area contributed by atoms with E-state index in [4.69, 9.17) is 49.1 Å². The highest BCUT2D eigenvalue weighted by Gasteiger charge is 2.62. The number of halogens is 2. The largest absolute Gasteiger partial charge is 0.361 e.